The van der Waals surface area contributed by atoms with E-state index in [9.17, 15) is 41.0 Å². The fraction of sp³-hybridized carbons (Fsp3) is 0.263. The number of carbonyl (C=O) groups excluding carboxylic acids is 1. The lowest BCUT2D eigenvalue weighted by Crippen LogP contribution is -2.43. The summed E-state index contributed by atoms with van der Waals surface area (Å²) < 4.78 is 78.4. The summed E-state index contributed by atoms with van der Waals surface area (Å²) in [6.45, 7) is 0. The van der Waals surface area contributed by atoms with Crippen LogP contribution < -0.4 is 5.32 Å². The van der Waals surface area contributed by atoms with Gasteiger partial charge in [0, 0.05) is 9.99 Å². The van der Waals surface area contributed by atoms with Gasteiger partial charge >= 0.3 is 18.3 Å². The van der Waals surface area contributed by atoms with Crippen LogP contribution in [0.1, 0.15) is 22.3 Å². The third-order valence-corrected chi connectivity index (χ3v) is 4.72. The van der Waals surface area contributed by atoms with Crippen molar-refractivity contribution in [3.05, 3.63) is 68.3 Å². The van der Waals surface area contributed by atoms with Gasteiger partial charge in [-0.2, -0.15) is 26.3 Å². The molecule has 0 fully saturated rings. The molecular weight excluding hydrogens is 531 g/mol. The highest BCUT2D eigenvalue weighted by Crippen LogP contribution is 2.36. The zero-order valence-electron chi connectivity index (χ0n) is 14.9. The number of aliphatic carboxylic acids is 1. The summed E-state index contributed by atoms with van der Waals surface area (Å²) in [5.74, 6) is -2.40. The average Bonchev–Trinajstić information content (AvgIpc) is 2.61. The number of carboxylic acid groups (broad SMARTS) is 1. The fourth-order valence-electron chi connectivity index (χ4n) is 2.61. The van der Waals surface area contributed by atoms with Gasteiger partial charge < -0.3 is 10.4 Å². The summed E-state index contributed by atoms with van der Waals surface area (Å²) in [5, 5.41) is 11.4. The summed E-state index contributed by atoms with van der Waals surface area (Å²) >= 11 is 2.05. The predicted molar refractivity (Wildman–Crippen MR) is 103 cm³/mol. The third-order valence-electron chi connectivity index (χ3n) is 4.00. The maximum Gasteiger partial charge on any atom is 0.416 e. The molecule has 0 aliphatic carbocycles. The SMILES string of the molecule is O=C(Cc1cc(C(F)(F)F)cc(C(F)(F)F)c1)N[C@@H](Cc1ccc(I)cc1)C(=O)O. The number of alkyl halides is 6. The molecule has 2 aromatic carbocycles. The smallest absolute Gasteiger partial charge is 0.416 e. The van der Waals surface area contributed by atoms with Gasteiger partial charge in [0.15, 0.2) is 0 Å². The Balaban J connectivity index is 2.20. The Labute approximate surface area is 180 Å². The Morgan fingerprint density at radius 2 is 1.40 bits per heavy atom. The van der Waals surface area contributed by atoms with Gasteiger partial charge in [-0.15, -0.1) is 0 Å². The minimum atomic E-state index is -5.04. The maximum atomic E-state index is 12.9. The lowest BCUT2D eigenvalue weighted by atomic mass is 10.0. The molecule has 0 aliphatic heterocycles. The van der Waals surface area contributed by atoms with Crippen LogP contribution in [0, 0.1) is 3.57 Å². The molecular formula is C19H14F6INO3. The molecule has 0 unspecified atom stereocenters. The molecule has 1 amide bonds. The van der Waals surface area contributed by atoms with E-state index in [4.69, 9.17) is 0 Å². The largest absolute Gasteiger partial charge is 0.480 e. The Kier molecular flexibility index (Phi) is 7.37. The van der Waals surface area contributed by atoms with Crippen molar-refractivity contribution in [1.29, 1.82) is 0 Å². The van der Waals surface area contributed by atoms with Crippen molar-refractivity contribution in [3.63, 3.8) is 0 Å². The van der Waals surface area contributed by atoms with Crippen LogP contribution in [0.15, 0.2) is 42.5 Å². The number of halogens is 7. The zero-order chi connectivity index (χ0) is 22.7. The van der Waals surface area contributed by atoms with Gasteiger partial charge in [0.1, 0.15) is 6.04 Å². The lowest BCUT2D eigenvalue weighted by Gasteiger charge is -2.16. The Morgan fingerprint density at radius 1 is 0.900 bits per heavy atom. The molecule has 30 heavy (non-hydrogen) atoms. The number of benzene rings is 2. The lowest BCUT2D eigenvalue weighted by molar-refractivity contribution is -0.143. The van der Waals surface area contributed by atoms with Crippen molar-refractivity contribution >= 4 is 34.5 Å². The van der Waals surface area contributed by atoms with Crippen LogP contribution in [-0.4, -0.2) is 23.0 Å². The van der Waals surface area contributed by atoms with E-state index < -0.39 is 53.4 Å². The Morgan fingerprint density at radius 3 is 1.83 bits per heavy atom. The van der Waals surface area contributed by atoms with Crippen LogP contribution in [0.25, 0.3) is 0 Å². The summed E-state index contributed by atoms with van der Waals surface area (Å²) in [7, 11) is 0. The van der Waals surface area contributed by atoms with Crippen molar-refractivity contribution in [2.45, 2.75) is 31.2 Å². The van der Waals surface area contributed by atoms with Crippen LogP contribution >= 0.6 is 22.6 Å². The highest BCUT2D eigenvalue weighted by molar-refractivity contribution is 14.1. The van der Waals surface area contributed by atoms with Crippen LogP contribution in [0.3, 0.4) is 0 Å². The highest BCUT2D eigenvalue weighted by atomic mass is 127. The number of carbonyl (C=O) groups is 2. The first-order chi connectivity index (χ1) is 13.8. The van der Waals surface area contributed by atoms with E-state index in [1.165, 1.54) is 0 Å². The van der Waals surface area contributed by atoms with Gasteiger partial charge in [0.05, 0.1) is 17.5 Å². The van der Waals surface area contributed by atoms with E-state index in [2.05, 4.69) is 5.32 Å². The third kappa shape index (κ3) is 6.89. The fourth-order valence-corrected chi connectivity index (χ4v) is 2.97. The Hall–Kier alpha value is -2.31. The minimum Gasteiger partial charge on any atom is -0.480 e. The van der Waals surface area contributed by atoms with E-state index in [-0.39, 0.29) is 12.5 Å². The van der Waals surface area contributed by atoms with Crippen LogP contribution in [0.2, 0.25) is 0 Å². The van der Waals surface area contributed by atoms with E-state index in [0.717, 1.165) is 3.57 Å². The van der Waals surface area contributed by atoms with Crippen molar-refractivity contribution in [1.82, 2.24) is 5.32 Å². The van der Waals surface area contributed by atoms with Crippen LogP contribution in [-0.2, 0) is 34.8 Å². The molecule has 0 saturated heterocycles. The number of nitrogens with one attached hydrogen (secondary N) is 1. The molecule has 0 radical (unpaired) electrons. The molecule has 0 heterocycles. The molecule has 2 N–H and O–H groups in total. The molecule has 0 spiro atoms. The van der Waals surface area contributed by atoms with Crippen molar-refractivity contribution in [3.8, 4) is 0 Å². The first kappa shape index (κ1) is 24.0. The summed E-state index contributed by atoms with van der Waals surface area (Å²) in [6.07, 6.45) is -11.0. The van der Waals surface area contributed by atoms with Crippen molar-refractivity contribution in [2.75, 3.05) is 0 Å². The highest BCUT2D eigenvalue weighted by Gasteiger charge is 2.37. The molecule has 0 aliphatic rings. The molecule has 0 aromatic heterocycles. The van der Waals surface area contributed by atoms with Gasteiger partial charge in [0.25, 0.3) is 0 Å². The average molecular weight is 545 g/mol. The topological polar surface area (TPSA) is 66.4 Å². The summed E-state index contributed by atoms with van der Waals surface area (Å²) in [4.78, 5) is 23.6. The normalized spacial score (nSPS) is 13.0. The van der Waals surface area contributed by atoms with E-state index >= 15 is 0 Å². The van der Waals surface area contributed by atoms with E-state index in [1.54, 1.807) is 24.3 Å². The van der Waals surface area contributed by atoms with E-state index in [1.807, 2.05) is 22.6 Å². The number of rotatable bonds is 6. The molecule has 11 heteroatoms. The molecule has 1 atom stereocenters. The standard InChI is InChI=1S/C19H14F6INO3/c20-18(21,22)12-5-11(6-13(9-12)19(23,24)25)8-16(28)27-15(17(29)30)7-10-1-3-14(26)4-2-10/h1-6,9,15H,7-8H2,(H,27,28)(H,29,30)/t15-/m0/s1. The van der Waals surface area contributed by atoms with Gasteiger partial charge in [-0.1, -0.05) is 12.1 Å². The van der Waals surface area contributed by atoms with Crippen LogP contribution in [0.4, 0.5) is 26.3 Å². The van der Waals surface area contributed by atoms with Gasteiger partial charge in [0.2, 0.25) is 5.91 Å². The number of hydrogen-bond acceptors (Lipinski definition) is 2. The Bertz CT molecular complexity index is 893. The maximum absolute atomic E-state index is 12.9. The van der Waals surface area contributed by atoms with Gasteiger partial charge in [-0.3, -0.25) is 4.79 Å². The molecule has 0 saturated carbocycles. The van der Waals surface area contributed by atoms with Crippen molar-refractivity contribution in [2.24, 2.45) is 0 Å². The van der Waals surface area contributed by atoms with E-state index in [0.29, 0.717) is 17.7 Å². The predicted octanol–water partition coefficient (Wildman–Crippen LogP) is 4.68. The molecule has 2 aromatic rings. The van der Waals surface area contributed by atoms with Crippen molar-refractivity contribution < 1.29 is 41.0 Å². The second-order valence-electron chi connectivity index (χ2n) is 6.38. The number of amides is 1. The first-order valence-corrected chi connectivity index (χ1v) is 9.38. The number of carboxylic acids is 1. The molecule has 4 nitrogen and oxygen atoms in total. The van der Waals surface area contributed by atoms with Crippen LogP contribution in [0.5, 0.6) is 0 Å². The monoisotopic (exact) mass is 545 g/mol. The molecule has 0 bridgehead atoms. The second-order valence-corrected chi connectivity index (χ2v) is 7.63. The molecule has 2 rings (SSSR count). The zero-order valence-corrected chi connectivity index (χ0v) is 17.1. The second kappa shape index (κ2) is 9.23. The summed E-state index contributed by atoms with van der Waals surface area (Å²) in [6, 6.07) is 6.16. The molecule has 162 valence electrons. The first-order valence-electron chi connectivity index (χ1n) is 8.30. The summed E-state index contributed by atoms with van der Waals surface area (Å²) in [5.41, 5.74) is -3.04. The van der Waals surface area contributed by atoms with Gasteiger partial charge in [-0.25, -0.2) is 4.79 Å². The van der Waals surface area contributed by atoms with Gasteiger partial charge in [-0.05, 0) is 64.0 Å². The number of hydrogen-bond donors (Lipinski definition) is 2. The minimum absolute atomic E-state index is 0.0434. The quantitative estimate of drug-likeness (QED) is 0.410.